The van der Waals surface area contributed by atoms with Gasteiger partial charge in [-0.2, -0.15) is 0 Å². The van der Waals surface area contributed by atoms with Crippen molar-refractivity contribution in [2.24, 2.45) is 0 Å². The van der Waals surface area contributed by atoms with Crippen LogP contribution in [0.1, 0.15) is 48.5 Å². The minimum Gasteiger partial charge on any atom is -0.454 e. The van der Waals surface area contributed by atoms with Gasteiger partial charge in [0.25, 0.3) is 0 Å². The average molecular weight is 531 g/mol. The van der Waals surface area contributed by atoms with Gasteiger partial charge in [-0.1, -0.05) is 24.3 Å². The zero-order valence-electron chi connectivity index (χ0n) is 22.0. The highest BCUT2D eigenvalue weighted by molar-refractivity contribution is 5.98. The number of ether oxygens (including phenoxy) is 2. The van der Waals surface area contributed by atoms with E-state index in [0.717, 1.165) is 73.0 Å². The number of amides is 2. The van der Waals surface area contributed by atoms with E-state index in [2.05, 4.69) is 16.0 Å². The van der Waals surface area contributed by atoms with Crippen molar-refractivity contribution < 1.29 is 24.2 Å². The number of hydrogen-bond donors (Lipinski definition) is 2. The number of fused-ring (bicyclic) bond motifs is 5. The van der Waals surface area contributed by atoms with E-state index >= 15 is 0 Å². The molecular weight excluding hydrogens is 496 g/mol. The molecule has 0 spiro atoms. The Morgan fingerprint density at radius 2 is 1.90 bits per heavy atom. The summed E-state index contributed by atoms with van der Waals surface area (Å²) in [5.74, 6) is 1.38. The second-order valence-electron chi connectivity index (χ2n) is 11.1. The summed E-state index contributed by atoms with van der Waals surface area (Å²) in [6, 6.07) is 13.1. The summed E-state index contributed by atoms with van der Waals surface area (Å²) in [6.45, 7) is 3.22. The Bertz CT molecular complexity index is 1420. The Kier molecular flexibility index (Phi) is 6.20. The number of benzene rings is 2. The van der Waals surface area contributed by atoms with Gasteiger partial charge in [0.05, 0.1) is 6.04 Å². The van der Waals surface area contributed by atoms with Crippen molar-refractivity contribution in [2.45, 2.75) is 50.2 Å². The van der Waals surface area contributed by atoms with E-state index in [0.29, 0.717) is 17.9 Å². The fourth-order valence-electron chi connectivity index (χ4n) is 6.92. The lowest BCUT2D eigenvalue weighted by atomic mass is 9.85. The summed E-state index contributed by atoms with van der Waals surface area (Å²) in [5, 5.41) is 10.2. The maximum atomic E-state index is 14.2. The fraction of sp³-hybridized carbons (Fsp3) is 0.467. The largest absolute Gasteiger partial charge is 0.454 e. The van der Waals surface area contributed by atoms with Crippen LogP contribution < -0.4 is 9.47 Å². The lowest BCUT2D eigenvalue weighted by Gasteiger charge is -2.48. The van der Waals surface area contributed by atoms with Crippen LogP contribution in [0.25, 0.3) is 10.9 Å². The van der Waals surface area contributed by atoms with Crippen LogP contribution in [0.4, 0.5) is 0 Å². The summed E-state index contributed by atoms with van der Waals surface area (Å²) in [7, 11) is 0. The van der Waals surface area contributed by atoms with Crippen molar-refractivity contribution in [3.05, 3.63) is 59.3 Å². The van der Waals surface area contributed by atoms with E-state index in [4.69, 9.17) is 14.6 Å². The standard InChI is InChI=1S/C30H34N4O5/c35-13-5-1-4-11-32-12-10-20(16-32)33-17-27(36)34-24(30(33)37)15-22-21-6-2-3-7-23(21)31-28(22)29(34)19-8-9-25-26(14-19)39-18-38-25/h2-3,6-9,14,20,24,29,31,35H,1,4-5,10-13,15-18H2/t20-,24-,29-/m1/s1. The first-order chi connectivity index (χ1) is 19.1. The molecule has 2 saturated heterocycles. The zero-order valence-corrected chi connectivity index (χ0v) is 22.0. The molecule has 9 heteroatoms. The van der Waals surface area contributed by atoms with Crippen molar-refractivity contribution >= 4 is 22.7 Å². The van der Waals surface area contributed by atoms with E-state index in [9.17, 15) is 9.59 Å². The SMILES string of the molecule is O=C1[C@H]2Cc3c([nH]c4ccccc34)[C@@H](c3ccc4c(c3)OCO4)N2C(=O)CN1[C@@H]1CCN(CCCCCO)C1. The smallest absolute Gasteiger partial charge is 0.246 e. The monoisotopic (exact) mass is 530 g/mol. The molecule has 0 radical (unpaired) electrons. The number of hydrogen-bond acceptors (Lipinski definition) is 6. The predicted octanol–water partition coefficient (Wildman–Crippen LogP) is 2.82. The third kappa shape index (κ3) is 4.15. The Morgan fingerprint density at radius 1 is 1.03 bits per heavy atom. The van der Waals surface area contributed by atoms with Gasteiger partial charge in [0.2, 0.25) is 18.6 Å². The molecular formula is C30H34N4O5. The van der Waals surface area contributed by atoms with Crippen molar-refractivity contribution in [3.8, 4) is 11.5 Å². The maximum Gasteiger partial charge on any atom is 0.246 e. The lowest BCUT2D eigenvalue weighted by Crippen LogP contribution is -2.65. The van der Waals surface area contributed by atoms with Gasteiger partial charge in [-0.3, -0.25) is 9.59 Å². The van der Waals surface area contributed by atoms with Gasteiger partial charge in [0.15, 0.2) is 11.5 Å². The molecule has 4 aliphatic heterocycles. The number of nitrogens with one attached hydrogen (secondary N) is 1. The van der Waals surface area contributed by atoms with Crippen LogP contribution in [0.15, 0.2) is 42.5 Å². The number of carbonyl (C=O) groups is 2. The number of para-hydroxylation sites is 1. The highest BCUT2D eigenvalue weighted by Crippen LogP contribution is 2.45. The lowest BCUT2D eigenvalue weighted by molar-refractivity contribution is -0.160. The molecule has 204 valence electrons. The third-order valence-corrected chi connectivity index (χ3v) is 8.83. The van der Waals surface area contributed by atoms with Crippen molar-refractivity contribution in [1.29, 1.82) is 0 Å². The fourth-order valence-corrected chi connectivity index (χ4v) is 6.92. The van der Waals surface area contributed by atoms with Gasteiger partial charge in [0, 0.05) is 48.8 Å². The molecule has 4 aliphatic rings. The van der Waals surface area contributed by atoms with Crippen LogP contribution in [0.3, 0.4) is 0 Å². The molecule has 1 aromatic heterocycles. The first kappa shape index (κ1) is 24.5. The number of aromatic amines is 1. The summed E-state index contributed by atoms with van der Waals surface area (Å²) in [5.41, 5.74) is 3.99. The van der Waals surface area contributed by atoms with Gasteiger partial charge in [-0.05, 0) is 61.6 Å². The minimum atomic E-state index is -0.549. The predicted molar refractivity (Wildman–Crippen MR) is 145 cm³/mol. The minimum absolute atomic E-state index is 0.0204. The van der Waals surface area contributed by atoms with E-state index < -0.39 is 12.1 Å². The molecule has 2 fully saturated rings. The van der Waals surface area contributed by atoms with Gasteiger partial charge in [-0.15, -0.1) is 0 Å². The number of carbonyl (C=O) groups excluding carboxylic acids is 2. The van der Waals surface area contributed by atoms with Gasteiger partial charge < -0.3 is 34.3 Å². The molecule has 5 heterocycles. The molecule has 2 amide bonds. The molecule has 0 saturated carbocycles. The van der Waals surface area contributed by atoms with E-state index in [-0.39, 0.29) is 37.8 Å². The number of likely N-dealkylation sites (tertiary alicyclic amines) is 1. The third-order valence-electron chi connectivity index (χ3n) is 8.83. The van der Waals surface area contributed by atoms with Crippen molar-refractivity contribution in [3.63, 3.8) is 0 Å². The Hall–Kier alpha value is -3.56. The topological polar surface area (TPSA) is 98.3 Å². The van der Waals surface area contributed by atoms with Crippen LogP contribution in [-0.4, -0.2) is 88.3 Å². The van der Waals surface area contributed by atoms with Crippen LogP contribution in [-0.2, 0) is 16.0 Å². The first-order valence-corrected chi connectivity index (χ1v) is 14.1. The highest BCUT2D eigenvalue weighted by Gasteiger charge is 2.50. The highest BCUT2D eigenvalue weighted by atomic mass is 16.7. The first-order valence-electron chi connectivity index (χ1n) is 14.1. The molecule has 0 bridgehead atoms. The summed E-state index contributed by atoms with van der Waals surface area (Å²) in [6.07, 6.45) is 4.25. The van der Waals surface area contributed by atoms with Gasteiger partial charge in [0.1, 0.15) is 12.6 Å². The number of aliphatic hydroxyl groups excluding tert-OH is 1. The number of aromatic nitrogens is 1. The number of unbranched alkanes of at least 4 members (excludes halogenated alkanes) is 2. The summed E-state index contributed by atoms with van der Waals surface area (Å²) in [4.78, 5) is 37.7. The Labute approximate surface area is 227 Å². The number of rotatable bonds is 7. The number of nitrogens with zero attached hydrogens (tertiary/aromatic N) is 3. The van der Waals surface area contributed by atoms with Crippen molar-refractivity contribution in [2.75, 3.05) is 39.6 Å². The number of aliphatic hydroxyl groups is 1. The molecule has 3 aromatic rings. The molecule has 0 aliphatic carbocycles. The molecule has 39 heavy (non-hydrogen) atoms. The van der Waals surface area contributed by atoms with E-state index in [1.54, 1.807) is 0 Å². The second-order valence-corrected chi connectivity index (χ2v) is 11.1. The Morgan fingerprint density at radius 3 is 2.79 bits per heavy atom. The molecule has 9 nitrogen and oxygen atoms in total. The van der Waals surface area contributed by atoms with E-state index in [1.807, 2.05) is 46.2 Å². The molecule has 3 atom stereocenters. The zero-order chi connectivity index (χ0) is 26.5. The summed E-state index contributed by atoms with van der Waals surface area (Å²) < 4.78 is 11.2. The average Bonchev–Trinajstić information content (AvgIpc) is 3.70. The molecule has 0 unspecified atom stereocenters. The van der Waals surface area contributed by atoms with Crippen LogP contribution in [0.5, 0.6) is 11.5 Å². The molecule has 7 rings (SSSR count). The summed E-state index contributed by atoms with van der Waals surface area (Å²) >= 11 is 0. The maximum absolute atomic E-state index is 14.2. The normalized spacial score (nSPS) is 24.5. The quantitative estimate of drug-likeness (QED) is 0.456. The number of piperazine rings is 1. The molecule has 2 aromatic carbocycles. The second kappa shape index (κ2) is 9.88. The van der Waals surface area contributed by atoms with Gasteiger partial charge in [-0.25, -0.2) is 0 Å². The van der Waals surface area contributed by atoms with Crippen LogP contribution in [0.2, 0.25) is 0 Å². The van der Waals surface area contributed by atoms with Crippen molar-refractivity contribution in [1.82, 2.24) is 19.7 Å². The van der Waals surface area contributed by atoms with Gasteiger partial charge >= 0.3 is 0 Å². The van der Waals surface area contributed by atoms with Crippen LogP contribution >= 0.6 is 0 Å². The molecule has 2 N–H and O–H groups in total. The van der Waals surface area contributed by atoms with E-state index in [1.165, 1.54) is 0 Å². The Balaban J connectivity index is 1.21. The number of H-pyrrole nitrogens is 1. The van der Waals surface area contributed by atoms with Crippen LogP contribution in [0, 0.1) is 0 Å².